The van der Waals surface area contributed by atoms with Crippen molar-refractivity contribution in [3.63, 3.8) is 0 Å². The van der Waals surface area contributed by atoms with Gasteiger partial charge in [0, 0.05) is 13.7 Å². The standard InChI is InChI=1S/C19H33NO/c1-8-17-15(4)13-16(9-11-20(5)6)18(10-12-21-7)19(17)14(2)3/h13-14H,8-12H2,1-7H3. The fourth-order valence-electron chi connectivity index (χ4n) is 3.24. The average Bonchev–Trinajstić information content (AvgIpc) is 2.42. The van der Waals surface area contributed by atoms with Gasteiger partial charge in [-0.05, 0) is 74.0 Å². The largest absolute Gasteiger partial charge is 0.384 e. The molecule has 0 bridgehead atoms. The normalized spacial score (nSPS) is 11.7. The maximum absolute atomic E-state index is 5.35. The Morgan fingerprint density at radius 2 is 1.81 bits per heavy atom. The zero-order valence-corrected chi connectivity index (χ0v) is 15.0. The highest BCUT2D eigenvalue weighted by atomic mass is 16.5. The number of nitrogens with zero attached hydrogens (tertiary/aromatic N) is 1. The van der Waals surface area contributed by atoms with Gasteiger partial charge in [0.15, 0.2) is 0 Å². The summed E-state index contributed by atoms with van der Waals surface area (Å²) in [5.74, 6) is 0.574. The summed E-state index contributed by atoms with van der Waals surface area (Å²) >= 11 is 0. The molecule has 0 fully saturated rings. The predicted molar refractivity (Wildman–Crippen MR) is 92.5 cm³/mol. The molecule has 1 aromatic carbocycles. The highest BCUT2D eigenvalue weighted by Crippen LogP contribution is 2.31. The molecule has 0 spiro atoms. The van der Waals surface area contributed by atoms with E-state index in [9.17, 15) is 0 Å². The van der Waals surface area contributed by atoms with Gasteiger partial charge >= 0.3 is 0 Å². The van der Waals surface area contributed by atoms with Gasteiger partial charge in [-0.3, -0.25) is 0 Å². The highest BCUT2D eigenvalue weighted by Gasteiger charge is 2.17. The van der Waals surface area contributed by atoms with Gasteiger partial charge in [0.1, 0.15) is 0 Å². The van der Waals surface area contributed by atoms with E-state index >= 15 is 0 Å². The van der Waals surface area contributed by atoms with Crippen molar-refractivity contribution < 1.29 is 4.74 Å². The summed E-state index contributed by atoms with van der Waals surface area (Å²) in [7, 11) is 6.08. The van der Waals surface area contributed by atoms with Crippen LogP contribution in [0, 0.1) is 6.92 Å². The van der Waals surface area contributed by atoms with Gasteiger partial charge in [0.25, 0.3) is 0 Å². The van der Waals surface area contributed by atoms with Crippen LogP contribution in [-0.2, 0) is 24.0 Å². The maximum Gasteiger partial charge on any atom is 0.0502 e. The molecule has 0 heterocycles. The van der Waals surface area contributed by atoms with Crippen LogP contribution in [0.1, 0.15) is 54.5 Å². The van der Waals surface area contributed by atoms with Gasteiger partial charge < -0.3 is 9.64 Å². The lowest BCUT2D eigenvalue weighted by molar-refractivity contribution is 0.202. The smallest absolute Gasteiger partial charge is 0.0502 e. The van der Waals surface area contributed by atoms with E-state index in [4.69, 9.17) is 4.74 Å². The molecule has 21 heavy (non-hydrogen) atoms. The topological polar surface area (TPSA) is 12.5 Å². The van der Waals surface area contributed by atoms with Crippen molar-refractivity contribution in [1.29, 1.82) is 0 Å². The molecule has 2 heteroatoms. The third-order valence-electron chi connectivity index (χ3n) is 4.22. The second-order valence-corrected chi connectivity index (χ2v) is 6.53. The number of likely N-dealkylation sites (N-methyl/N-ethyl adjacent to an activating group) is 1. The summed E-state index contributed by atoms with van der Waals surface area (Å²) in [5, 5.41) is 0. The fourth-order valence-corrected chi connectivity index (χ4v) is 3.24. The van der Waals surface area contributed by atoms with Crippen LogP contribution < -0.4 is 0 Å². The second kappa shape index (κ2) is 8.55. The first-order valence-electron chi connectivity index (χ1n) is 8.20. The van der Waals surface area contributed by atoms with Gasteiger partial charge in [0.2, 0.25) is 0 Å². The first kappa shape index (κ1) is 18.2. The van der Waals surface area contributed by atoms with E-state index in [1.54, 1.807) is 18.2 Å². The minimum atomic E-state index is 0.574. The van der Waals surface area contributed by atoms with Crippen LogP contribution in [0.15, 0.2) is 6.07 Å². The predicted octanol–water partition coefficient (Wildman–Crippen LogP) is 3.97. The second-order valence-electron chi connectivity index (χ2n) is 6.53. The molecule has 1 rings (SSSR count). The summed E-state index contributed by atoms with van der Waals surface area (Å²) in [6.07, 6.45) is 3.27. The first-order valence-corrected chi connectivity index (χ1v) is 8.20. The highest BCUT2D eigenvalue weighted by molar-refractivity contribution is 5.48. The Kier molecular flexibility index (Phi) is 7.41. The van der Waals surface area contributed by atoms with Crippen molar-refractivity contribution in [3.8, 4) is 0 Å². The molecule has 0 aliphatic carbocycles. The van der Waals surface area contributed by atoms with Crippen LogP contribution in [0.4, 0.5) is 0 Å². The van der Waals surface area contributed by atoms with Gasteiger partial charge in [-0.1, -0.05) is 26.8 Å². The number of hydrogen-bond donors (Lipinski definition) is 0. The Labute approximate surface area is 131 Å². The van der Waals surface area contributed by atoms with E-state index in [1.807, 2.05) is 0 Å². The molecule has 0 atom stereocenters. The molecule has 0 saturated heterocycles. The van der Waals surface area contributed by atoms with Crippen LogP contribution >= 0.6 is 0 Å². The van der Waals surface area contributed by atoms with E-state index in [-0.39, 0.29) is 0 Å². The van der Waals surface area contributed by atoms with Crippen molar-refractivity contribution in [1.82, 2.24) is 4.90 Å². The zero-order valence-electron chi connectivity index (χ0n) is 15.0. The molecular formula is C19H33NO. The van der Waals surface area contributed by atoms with Crippen LogP contribution in [-0.4, -0.2) is 39.3 Å². The number of methoxy groups -OCH3 is 1. The Bertz CT molecular complexity index is 449. The Morgan fingerprint density at radius 1 is 1.14 bits per heavy atom. The average molecular weight is 291 g/mol. The minimum Gasteiger partial charge on any atom is -0.384 e. The molecule has 1 aromatic rings. The Hall–Kier alpha value is -0.860. The lowest BCUT2D eigenvalue weighted by atomic mass is 9.83. The van der Waals surface area contributed by atoms with Gasteiger partial charge in [-0.25, -0.2) is 0 Å². The third-order valence-corrected chi connectivity index (χ3v) is 4.22. The van der Waals surface area contributed by atoms with E-state index in [1.165, 1.54) is 16.7 Å². The van der Waals surface area contributed by atoms with Crippen LogP contribution in [0.2, 0.25) is 0 Å². The Morgan fingerprint density at radius 3 is 2.29 bits per heavy atom. The van der Waals surface area contributed by atoms with Crippen LogP contribution in [0.5, 0.6) is 0 Å². The Balaban J connectivity index is 3.32. The van der Waals surface area contributed by atoms with Gasteiger partial charge in [-0.15, -0.1) is 0 Å². The van der Waals surface area contributed by atoms with Gasteiger partial charge in [0.05, 0.1) is 6.61 Å². The molecular weight excluding hydrogens is 258 g/mol. The fraction of sp³-hybridized carbons (Fsp3) is 0.684. The van der Waals surface area contributed by atoms with Crippen molar-refractivity contribution >= 4 is 0 Å². The van der Waals surface area contributed by atoms with Crippen molar-refractivity contribution in [2.75, 3.05) is 34.4 Å². The van der Waals surface area contributed by atoms with Crippen LogP contribution in [0.25, 0.3) is 0 Å². The minimum absolute atomic E-state index is 0.574. The molecule has 0 radical (unpaired) electrons. The van der Waals surface area contributed by atoms with E-state index < -0.39 is 0 Å². The van der Waals surface area contributed by atoms with Crippen molar-refractivity contribution in [2.24, 2.45) is 0 Å². The molecule has 2 nitrogen and oxygen atoms in total. The number of benzene rings is 1. The van der Waals surface area contributed by atoms with E-state index in [0.717, 1.165) is 32.4 Å². The molecule has 0 aliphatic heterocycles. The third kappa shape index (κ3) is 4.82. The lowest BCUT2D eigenvalue weighted by Crippen LogP contribution is -2.18. The van der Waals surface area contributed by atoms with Crippen molar-refractivity contribution in [3.05, 3.63) is 33.9 Å². The molecule has 0 aromatic heterocycles. The van der Waals surface area contributed by atoms with Crippen molar-refractivity contribution in [2.45, 2.75) is 52.9 Å². The van der Waals surface area contributed by atoms with Crippen LogP contribution in [0.3, 0.4) is 0 Å². The van der Waals surface area contributed by atoms with E-state index in [0.29, 0.717) is 5.92 Å². The maximum atomic E-state index is 5.35. The molecule has 0 aliphatic rings. The quantitative estimate of drug-likeness (QED) is 0.718. The summed E-state index contributed by atoms with van der Waals surface area (Å²) in [6.45, 7) is 11.1. The molecule has 0 amide bonds. The number of hydrogen-bond acceptors (Lipinski definition) is 2. The van der Waals surface area contributed by atoms with Gasteiger partial charge in [-0.2, -0.15) is 0 Å². The van der Waals surface area contributed by atoms with E-state index in [2.05, 4.69) is 52.8 Å². The monoisotopic (exact) mass is 291 g/mol. The summed E-state index contributed by atoms with van der Waals surface area (Å²) in [6, 6.07) is 2.42. The number of aryl methyl sites for hydroxylation is 1. The summed E-state index contributed by atoms with van der Waals surface area (Å²) in [4.78, 5) is 2.26. The molecule has 0 N–H and O–H groups in total. The lowest BCUT2D eigenvalue weighted by Gasteiger charge is -2.24. The number of ether oxygens (including phenoxy) is 1. The zero-order chi connectivity index (χ0) is 16.0. The SMILES string of the molecule is CCc1c(C)cc(CCN(C)C)c(CCOC)c1C(C)C. The summed E-state index contributed by atoms with van der Waals surface area (Å²) in [5.41, 5.74) is 7.62. The summed E-state index contributed by atoms with van der Waals surface area (Å²) < 4.78 is 5.35. The number of rotatable bonds is 8. The molecule has 120 valence electrons. The first-order chi connectivity index (χ1) is 9.92. The molecule has 0 unspecified atom stereocenters. The molecule has 0 saturated carbocycles.